The number of benzene rings is 2. The summed E-state index contributed by atoms with van der Waals surface area (Å²) in [6.07, 6.45) is 2.07. The number of rotatable bonds is 4. The predicted molar refractivity (Wildman–Crippen MR) is 113 cm³/mol. The first kappa shape index (κ1) is 20.2. The van der Waals surface area contributed by atoms with Gasteiger partial charge in [-0.3, -0.25) is 4.79 Å². The number of hydrogen-bond acceptors (Lipinski definition) is 6. The van der Waals surface area contributed by atoms with Gasteiger partial charge in [0.25, 0.3) is 0 Å². The molecule has 2 N–H and O–H groups in total. The highest BCUT2D eigenvalue weighted by Crippen LogP contribution is 2.27. The molecule has 0 aliphatic carbocycles. The first-order valence-electron chi connectivity index (χ1n) is 8.85. The summed E-state index contributed by atoms with van der Waals surface area (Å²) in [5.41, 5.74) is 9.16. The van der Waals surface area contributed by atoms with Crippen molar-refractivity contribution in [3.63, 3.8) is 0 Å². The van der Waals surface area contributed by atoms with Gasteiger partial charge in [-0.05, 0) is 44.0 Å². The van der Waals surface area contributed by atoms with E-state index in [2.05, 4.69) is 21.8 Å². The fraction of sp³-hybridized carbons (Fsp3) is 0.136. The summed E-state index contributed by atoms with van der Waals surface area (Å²) in [7, 11) is -3.34. The fourth-order valence-corrected chi connectivity index (χ4v) is 3.75. The second-order valence-electron chi connectivity index (χ2n) is 6.58. The van der Waals surface area contributed by atoms with Crippen molar-refractivity contribution in [3.8, 4) is 34.4 Å². The molecule has 2 aromatic carbocycles. The molecule has 3 rings (SSSR count). The average Bonchev–Trinajstić information content (AvgIpc) is 2.73. The Kier molecular flexibility index (Phi) is 5.76. The molecule has 0 unspecified atom stereocenters. The molecule has 3 aromatic rings. The van der Waals surface area contributed by atoms with Crippen LogP contribution in [0, 0.1) is 11.8 Å². The molecular weight excluding hydrogens is 386 g/mol. The third-order valence-corrected chi connectivity index (χ3v) is 6.48. The lowest BCUT2D eigenvalue weighted by Gasteiger charge is -2.10. The van der Waals surface area contributed by atoms with Gasteiger partial charge in [0.2, 0.25) is 0 Å². The Bertz CT molecular complexity index is 1220. The molecule has 0 amide bonds. The zero-order valence-corrected chi connectivity index (χ0v) is 16.8. The Balaban J connectivity index is 2.01. The molecule has 0 aliphatic heterocycles. The number of nitrogen functional groups attached to an aromatic ring is 1. The number of anilines is 1. The topological polar surface area (TPSA) is 103 Å². The number of nitrogens with two attached hydrogens (primary N) is 1. The minimum Gasteiger partial charge on any atom is -0.382 e. The number of carbonyl (C=O) groups is 1. The zero-order chi connectivity index (χ0) is 21.0. The van der Waals surface area contributed by atoms with E-state index >= 15 is 0 Å². The van der Waals surface area contributed by atoms with Crippen LogP contribution in [0.15, 0.2) is 59.6 Å². The van der Waals surface area contributed by atoms with Crippen LogP contribution in [0.1, 0.15) is 19.4 Å². The second-order valence-corrected chi connectivity index (χ2v) is 9.08. The largest absolute Gasteiger partial charge is 0.382 e. The summed E-state index contributed by atoms with van der Waals surface area (Å²) in [4.78, 5) is 19.6. The van der Waals surface area contributed by atoms with Crippen molar-refractivity contribution in [1.82, 2.24) is 9.97 Å². The lowest BCUT2D eigenvalue weighted by molar-refractivity contribution is -0.103. The normalized spacial score (nSPS) is 11.0. The van der Waals surface area contributed by atoms with Crippen LogP contribution in [0.25, 0.3) is 22.5 Å². The lowest BCUT2D eigenvalue weighted by atomic mass is 10.1. The fourth-order valence-electron chi connectivity index (χ4n) is 2.69. The van der Waals surface area contributed by atoms with Crippen molar-refractivity contribution in [2.45, 2.75) is 24.0 Å². The molecule has 7 heteroatoms. The maximum atomic E-state index is 12.3. The highest BCUT2D eigenvalue weighted by atomic mass is 32.2. The molecule has 0 radical (unpaired) electrons. The number of sulfone groups is 1. The van der Waals surface area contributed by atoms with Crippen molar-refractivity contribution in [2.24, 2.45) is 0 Å². The Morgan fingerprint density at radius 3 is 2.45 bits per heavy atom. The van der Waals surface area contributed by atoms with Gasteiger partial charge in [0.1, 0.15) is 11.5 Å². The molecule has 1 aromatic heterocycles. The molecule has 0 saturated carbocycles. The van der Waals surface area contributed by atoms with Crippen molar-refractivity contribution in [3.05, 3.63) is 60.3 Å². The number of hydrogen-bond donors (Lipinski definition) is 1. The Labute approximate surface area is 169 Å². The van der Waals surface area contributed by atoms with Gasteiger partial charge < -0.3 is 5.73 Å². The first-order chi connectivity index (χ1) is 13.8. The van der Waals surface area contributed by atoms with Crippen LogP contribution < -0.4 is 5.73 Å². The Hall–Kier alpha value is -3.50. The van der Waals surface area contributed by atoms with E-state index in [1.807, 2.05) is 6.07 Å². The highest BCUT2D eigenvalue weighted by Gasteiger charge is 2.19. The minimum atomic E-state index is -3.34. The van der Waals surface area contributed by atoms with E-state index in [1.165, 1.54) is 0 Å². The molecular formula is C22H19N3O3S. The summed E-state index contributed by atoms with van der Waals surface area (Å²) in [5.74, 6) is 5.37. The Morgan fingerprint density at radius 2 is 1.79 bits per heavy atom. The average molecular weight is 405 g/mol. The summed E-state index contributed by atoms with van der Waals surface area (Å²) < 4.78 is 24.6. The van der Waals surface area contributed by atoms with Crippen molar-refractivity contribution in [2.75, 3.05) is 5.73 Å². The van der Waals surface area contributed by atoms with Crippen molar-refractivity contribution < 1.29 is 13.2 Å². The molecule has 29 heavy (non-hydrogen) atoms. The molecule has 0 saturated heterocycles. The van der Waals surface area contributed by atoms with E-state index in [-0.39, 0.29) is 10.7 Å². The van der Waals surface area contributed by atoms with Gasteiger partial charge in [-0.15, -0.1) is 0 Å². The lowest BCUT2D eigenvalue weighted by Crippen LogP contribution is -2.13. The molecule has 0 fully saturated rings. The molecule has 0 spiro atoms. The minimum absolute atomic E-state index is 0.258. The maximum Gasteiger partial charge on any atom is 0.193 e. The van der Waals surface area contributed by atoms with E-state index in [0.717, 1.165) is 5.56 Å². The van der Waals surface area contributed by atoms with Gasteiger partial charge in [0.15, 0.2) is 16.1 Å². The zero-order valence-electron chi connectivity index (χ0n) is 16.0. The summed E-state index contributed by atoms with van der Waals surface area (Å²) in [5, 5.41) is -0.495. The van der Waals surface area contributed by atoms with E-state index in [4.69, 9.17) is 5.73 Å². The predicted octanol–water partition coefficient (Wildman–Crippen LogP) is 3.13. The van der Waals surface area contributed by atoms with Crippen molar-refractivity contribution in [1.29, 1.82) is 0 Å². The van der Waals surface area contributed by atoms with E-state index in [9.17, 15) is 13.2 Å². The number of aldehydes is 1. The van der Waals surface area contributed by atoms with Crippen LogP contribution in [0.3, 0.4) is 0 Å². The molecule has 146 valence electrons. The van der Waals surface area contributed by atoms with E-state index in [1.54, 1.807) is 62.5 Å². The molecule has 1 heterocycles. The van der Waals surface area contributed by atoms with Gasteiger partial charge in [-0.25, -0.2) is 18.4 Å². The van der Waals surface area contributed by atoms with Crippen LogP contribution in [-0.2, 0) is 14.6 Å². The molecule has 0 bridgehead atoms. The summed E-state index contributed by atoms with van der Waals surface area (Å²) in [6, 6.07) is 13.7. The summed E-state index contributed by atoms with van der Waals surface area (Å²) in [6.45, 7) is 3.29. The van der Waals surface area contributed by atoms with Gasteiger partial charge in [-0.2, -0.15) is 0 Å². The molecule has 0 aliphatic rings. The van der Waals surface area contributed by atoms with Crippen LogP contribution >= 0.6 is 0 Å². The van der Waals surface area contributed by atoms with Crippen LogP contribution in [0.2, 0.25) is 0 Å². The van der Waals surface area contributed by atoms with E-state index < -0.39 is 15.1 Å². The van der Waals surface area contributed by atoms with E-state index in [0.29, 0.717) is 28.8 Å². The maximum absolute atomic E-state index is 12.3. The van der Waals surface area contributed by atoms with Gasteiger partial charge in [0, 0.05) is 16.7 Å². The summed E-state index contributed by atoms with van der Waals surface area (Å²) >= 11 is 0. The van der Waals surface area contributed by atoms with Gasteiger partial charge in [0.05, 0.1) is 22.0 Å². The smallest absolute Gasteiger partial charge is 0.193 e. The van der Waals surface area contributed by atoms with Crippen LogP contribution in [0.4, 0.5) is 5.82 Å². The number of nitrogens with zero attached hydrogens (tertiary/aromatic N) is 2. The third kappa shape index (κ3) is 4.33. The monoisotopic (exact) mass is 405 g/mol. The SMILES string of the molecule is CC(C)S(=O)(=O)c1ccc(-c2cnc(N)c(-c3cccc(C#CC=O)c3)n2)cc1. The van der Waals surface area contributed by atoms with Crippen LogP contribution in [0.5, 0.6) is 0 Å². The first-order valence-corrected chi connectivity index (χ1v) is 10.4. The highest BCUT2D eigenvalue weighted by molar-refractivity contribution is 7.92. The van der Waals surface area contributed by atoms with Crippen molar-refractivity contribution >= 4 is 21.9 Å². The second kappa shape index (κ2) is 8.25. The Morgan fingerprint density at radius 1 is 1.07 bits per heavy atom. The molecule has 6 nitrogen and oxygen atoms in total. The quantitative estimate of drug-likeness (QED) is 0.528. The number of carbonyl (C=O) groups excluding carboxylic acids is 1. The standard InChI is InChI=1S/C22H19N3O3S/c1-15(2)29(27,28)19-10-8-17(9-11-19)20-14-24-22(23)21(25-20)18-7-3-5-16(13-18)6-4-12-26/h3,5,7-15H,1-2H3,(H2,23,24). The molecule has 0 atom stereocenters. The number of aromatic nitrogens is 2. The third-order valence-electron chi connectivity index (χ3n) is 4.31. The van der Waals surface area contributed by atoms with Gasteiger partial charge >= 0.3 is 0 Å². The van der Waals surface area contributed by atoms with Gasteiger partial charge in [-0.1, -0.05) is 30.2 Å². The van der Waals surface area contributed by atoms with Crippen LogP contribution in [-0.4, -0.2) is 29.9 Å².